The van der Waals surface area contributed by atoms with Gasteiger partial charge in [0.15, 0.2) is 0 Å². The van der Waals surface area contributed by atoms with Crippen molar-refractivity contribution in [2.24, 2.45) is 11.7 Å². The highest BCUT2D eigenvalue weighted by molar-refractivity contribution is 5.73. The number of halogens is 3. The van der Waals surface area contributed by atoms with E-state index < -0.39 is 30.2 Å². The van der Waals surface area contributed by atoms with E-state index in [0.717, 1.165) is 19.3 Å². The van der Waals surface area contributed by atoms with Gasteiger partial charge < -0.3 is 10.5 Å². The number of rotatable bonds is 13. The lowest BCUT2D eigenvalue weighted by Gasteiger charge is -2.25. The predicted molar refractivity (Wildman–Crippen MR) is 90.6 cm³/mol. The molecule has 0 aliphatic carbocycles. The van der Waals surface area contributed by atoms with Crippen molar-refractivity contribution in [1.29, 1.82) is 0 Å². The molecule has 0 spiro atoms. The first-order valence-electron chi connectivity index (χ1n) is 9.22. The quantitative estimate of drug-likeness (QED) is 0.358. The molecule has 144 valence electrons. The van der Waals surface area contributed by atoms with Crippen LogP contribution in [0, 0.1) is 5.92 Å². The molecule has 6 heteroatoms. The molecule has 0 fully saturated rings. The van der Waals surface area contributed by atoms with Crippen LogP contribution in [0.4, 0.5) is 13.2 Å². The van der Waals surface area contributed by atoms with Gasteiger partial charge in [-0.2, -0.15) is 13.2 Å². The maximum Gasteiger partial charge on any atom is 0.404 e. The molecule has 24 heavy (non-hydrogen) atoms. The van der Waals surface area contributed by atoms with Crippen LogP contribution < -0.4 is 5.73 Å². The molecule has 3 nitrogen and oxygen atoms in total. The van der Waals surface area contributed by atoms with E-state index in [9.17, 15) is 18.0 Å². The van der Waals surface area contributed by atoms with Gasteiger partial charge in [-0.05, 0) is 20.3 Å². The number of hydrogen-bond acceptors (Lipinski definition) is 3. The molecule has 2 atom stereocenters. The third-order valence-corrected chi connectivity index (χ3v) is 4.08. The van der Waals surface area contributed by atoms with Gasteiger partial charge in [-0.3, -0.25) is 4.79 Å². The number of carbonyl (C=O) groups is 1. The van der Waals surface area contributed by atoms with Crippen LogP contribution in [0.3, 0.4) is 0 Å². The Labute approximate surface area is 144 Å². The molecular weight excluding hydrogens is 319 g/mol. The zero-order valence-corrected chi connectivity index (χ0v) is 15.3. The fraction of sp³-hybridized carbons (Fsp3) is 0.944. The maximum absolute atomic E-state index is 12.8. The van der Waals surface area contributed by atoms with Crippen molar-refractivity contribution in [3.8, 4) is 0 Å². The summed E-state index contributed by atoms with van der Waals surface area (Å²) in [5.41, 5.74) is 5.25. The smallest absolute Gasteiger partial charge is 0.404 e. The minimum Gasteiger partial charge on any atom is -0.463 e. The molecular formula is C18H34F3NO2. The SMILES string of the molecule is CCCCCCCCCCC[C@@H](C(=O)OC(C)C)[C@@H](N)C(F)(F)F. The van der Waals surface area contributed by atoms with Gasteiger partial charge in [0.2, 0.25) is 0 Å². The number of hydrogen-bond donors (Lipinski definition) is 1. The van der Waals surface area contributed by atoms with Crippen molar-refractivity contribution in [2.75, 3.05) is 0 Å². The summed E-state index contributed by atoms with van der Waals surface area (Å²) in [5.74, 6) is -2.15. The minimum atomic E-state index is -4.58. The third kappa shape index (κ3) is 10.9. The first kappa shape index (κ1) is 23.2. The molecule has 0 bridgehead atoms. The van der Waals surface area contributed by atoms with Gasteiger partial charge in [0.05, 0.1) is 12.0 Å². The zero-order chi connectivity index (χ0) is 18.6. The van der Waals surface area contributed by atoms with Gasteiger partial charge in [0.1, 0.15) is 6.04 Å². The van der Waals surface area contributed by atoms with Gasteiger partial charge in [-0.25, -0.2) is 0 Å². The van der Waals surface area contributed by atoms with E-state index in [1.807, 2.05) is 0 Å². The second-order valence-electron chi connectivity index (χ2n) is 6.78. The summed E-state index contributed by atoms with van der Waals surface area (Å²) >= 11 is 0. The highest BCUT2D eigenvalue weighted by Gasteiger charge is 2.45. The molecule has 0 amide bonds. The van der Waals surface area contributed by atoms with Crippen molar-refractivity contribution in [1.82, 2.24) is 0 Å². The number of esters is 1. The summed E-state index contributed by atoms with van der Waals surface area (Å²) in [6, 6.07) is -2.15. The summed E-state index contributed by atoms with van der Waals surface area (Å²) in [6.45, 7) is 5.41. The van der Waals surface area contributed by atoms with E-state index in [1.54, 1.807) is 13.8 Å². The Balaban J connectivity index is 4.16. The fourth-order valence-corrected chi connectivity index (χ4v) is 2.67. The molecule has 0 unspecified atom stereocenters. The molecule has 0 aliphatic rings. The molecule has 2 N–H and O–H groups in total. The summed E-state index contributed by atoms with van der Waals surface area (Å²) < 4.78 is 43.5. The maximum atomic E-state index is 12.8. The van der Waals surface area contributed by atoms with Crippen LogP contribution in [-0.4, -0.2) is 24.3 Å². The molecule has 0 aromatic rings. The van der Waals surface area contributed by atoms with Crippen molar-refractivity contribution in [3.05, 3.63) is 0 Å². The number of carbonyl (C=O) groups excluding carboxylic acids is 1. The number of alkyl halides is 3. The van der Waals surface area contributed by atoms with Crippen LogP contribution in [0.25, 0.3) is 0 Å². The first-order valence-corrected chi connectivity index (χ1v) is 9.22. The number of ether oxygens (including phenoxy) is 1. The minimum absolute atomic E-state index is 0.127. The van der Waals surface area contributed by atoms with E-state index in [1.165, 1.54) is 32.1 Å². The van der Waals surface area contributed by atoms with Crippen LogP contribution in [0.1, 0.15) is 85.0 Å². The monoisotopic (exact) mass is 353 g/mol. The lowest BCUT2D eigenvalue weighted by Crippen LogP contribution is -2.47. The van der Waals surface area contributed by atoms with E-state index in [-0.39, 0.29) is 6.42 Å². The molecule has 0 aromatic carbocycles. The Morgan fingerprint density at radius 2 is 1.42 bits per heavy atom. The second-order valence-corrected chi connectivity index (χ2v) is 6.78. The number of unbranched alkanes of at least 4 members (excludes halogenated alkanes) is 8. The van der Waals surface area contributed by atoms with Crippen molar-refractivity contribution in [2.45, 2.75) is 103 Å². The normalized spacial score (nSPS) is 14.7. The molecule has 0 aliphatic heterocycles. The molecule has 0 rings (SSSR count). The van der Waals surface area contributed by atoms with Gasteiger partial charge in [0.25, 0.3) is 0 Å². The Morgan fingerprint density at radius 3 is 1.83 bits per heavy atom. The summed E-state index contributed by atoms with van der Waals surface area (Å²) in [4.78, 5) is 11.9. The zero-order valence-electron chi connectivity index (χ0n) is 15.3. The lowest BCUT2D eigenvalue weighted by molar-refractivity contribution is -0.179. The van der Waals surface area contributed by atoms with Gasteiger partial charge in [-0.1, -0.05) is 64.7 Å². The van der Waals surface area contributed by atoms with Crippen molar-refractivity contribution < 1.29 is 22.7 Å². The number of nitrogens with two attached hydrogens (primary N) is 1. The molecule has 0 aromatic heterocycles. The summed E-state index contributed by atoms with van der Waals surface area (Å²) in [6.07, 6.45) is 4.68. The molecule has 0 saturated heterocycles. The fourth-order valence-electron chi connectivity index (χ4n) is 2.67. The van der Waals surface area contributed by atoms with E-state index in [4.69, 9.17) is 10.5 Å². The van der Waals surface area contributed by atoms with Crippen LogP contribution in [0.5, 0.6) is 0 Å². The van der Waals surface area contributed by atoms with Gasteiger partial charge >= 0.3 is 12.1 Å². The lowest BCUT2D eigenvalue weighted by atomic mass is 9.93. The average Bonchev–Trinajstić information content (AvgIpc) is 2.47. The van der Waals surface area contributed by atoms with E-state index in [0.29, 0.717) is 6.42 Å². The Hall–Kier alpha value is -0.780. The Kier molecular flexibility index (Phi) is 12.2. The Morgan fingerprint density at radius 1 is 0.958 bits per heavy atom. The third-order valence-electron chi connectivity index (χ3n) is 4.08. The largest absolute Gasteiger partial charge is 0.463 e. The van der Waals surface area contributed by atoms with Gasteiger partial charge in [-0.15, -0.1) is 0 Å². The van der Waals surface area contributed by atoms with E-state index >= 15 is 0 Å². The standard InChI is InChI=1S/C18H34F3NO2/c1-4-5-6-7-8-9-10-11-12-13-15(16(22)18(19,20)21)17(23)24-14(2)3/h14-16H,4-13,22H2,1-3H3/t15-,16-/m1/s1. The summed E-state index contributed by atoms with van der Waals surface area (Å²) in [5, 5.41) is 0. The van der Waals surface area contributed by atoms with Crippen molar-refractivity contribution in [3.63, 3.8) is 0 Å². The van der Waals surface area contributed by atoms with Crippen LogP contribution in [0.15, 0.2) is 0 Å². The van der Waals surface area contributed by atoms with Crippen LogP contribution >= 0.6 is 0 Å². The van der Waals surface area contributed by atoms with E-state index in [2.05, 4.69) is 6.92 Å². The molecule has 0 radical (unpaired) electrons. The average molecular weight is 353 g/mol. The highest BCUT2D eigenvalue weighted by atomic mass is 19.4. The molecule has 0 heterocycles. The molecule has 0 saturated carbocycles. The van der Waals surface area contributed by atoms with Crippen LogP contribution in [-0.2, 0) is 9.53 Å². The topological polar surface area (TPSA) is 52.3 Å². The predicted octanol–water partition coefficient (Wildman–Crippen LogP) is 5.36. The Bertz CT molecular complexity index is 333. The first-order chi connectivity index (χ1) is 11.2. The van der Waals surface area contributed by atoms with Crippen molar-refractivity contribution >= 4 is 5.97 Å². The van der Waals surface area contributed by atoms with Gasteiger partial charge in [0, 0.05) is 0 Å². The highest BCUT2D eigenvalue weighted by Crippen LogP contribution is 2.28. The van der Waals surface area contributed by atoms with Crippen LogP contribution in [0.2, 0.25) is 0 Å². The summed E-state index contributed by atoms with van der Waals surface area (Å²) in [7, 11) is 0. The second kappa shape index (κ2) is 12.6.